The van der Waals surface area contributed by atoms with E-state index in [1.54, 1.807) is 22.0 Å². The maximum Gasteiger partial charge on any atom is 0.228 e. The monoisotopic (exact) mass is 382 g/mol. The number of hydrogen-bond acceptors (Lipinski definition) is 3. The van der Waals surface area contributed by atoms with Crippen LogP contribution in [0.3, 0.4) is 0 Å². The van der Waals surface area contributed by atoms with Gasteiger partial charge in [-0.3, -0.25) is 4.79 Å². The van der Waals surface area contributed by atoms with Crippen LogP contribution in [0, 0.1) is 11.6 Å². The number of carbonyl (C=O) groups excluding carboxylic acids is 1. The molecule has 1 N–H and O–H groups in total. The highest BCUT2D eigenvalue weighted by atomic mass is 19.1. The third kappa shape index (κ3) is 3.88. The van der Waals surface area contributed by atoms with Crippen molar-refractivity contribution in [2.75, 3.05) is 23.3 Å². The zero-order valence-corrected chi connectivity index (χ0v) is 15.2. The molecule has 28 heavy (non-hydrogen) atoms. The van der Waals surface area contributed by atoms with Crippen molar-refractivity contribution in [2.45, 2.75) is 19.3 Å². The number of rotatable bonds is 5. The van der Waals surface area contributed by atoms with Crippen molar-refractivity contribution in [3.63, 3.8) is 0 Å². The first-order valence-electron chi connectivity index (χ1n) is 9.23. The molecule has 1 amide bonds. The maximum atomic E-state index is 14.4. The van der Waals surface area contributed by atoms with E-state index in [9.17, 15) is 13.6 Å². The number of anilines is 2. The smallest absolute Gasteiger partial charge is 0.228 e. The fourth-order valence-electron chi connectivity index (χ4n) is 3.44. The van der Waals surface area contributed by atoms with Crippen LogP contribution in [0.2, 0.25) is 0 Å². The summed E-state index contributed by atoms with van der Waals surface area (Å²) in [6.45, 7) is 1.29. The van der Waals surface area contributed by atoms with E-state index in [0.29, 0.717) is 18.7 Å². The molecule has 7 heteroatoms. The highest BCUT2D eigenvalue weighted by Crippen LogP contribution is 2.29. The van der Waals surface area contributed by atoms with Gasteiger partial charge in [-0.1, -0.05) is 18.2 Å². The van der Waals surface area contributed by atoms with Crippen LogP contribution < -0.4 is 10.2 Å². The standard InChI is InChI=1S/C21H20F2N4O/c22-18-11-16(12-19(23)21(18)26-8-4-5-9-26)25-20(28)10-15-13-24-27(14-15)17-6-2-1-3-7-17/h1-3,6-7,11-14H,4-5,8-10H2,(H,25,28). The van der Waals surface area contributed by atoms with Gasteiger partial charge in [0.05, 0.1) is 18.3 Å². The lowest BCUT2D eigenvalue weighted by Gasteiger charge is -2.19. The molecule has 3 aromatic rings. The van der Waals surface area contributed by atoms with E-state index in [1.807, 2.05) is 30.3 Å². The number of para-hydroxylation sites is 1. The predicted molar refractivity (Wildman–Crippen MR) is 104 cm³/mol. The fourth-order valence-corrected chi connectivity index (χ4v) is 3.44. The van der Waals surface area contributed by atoms with Crippen LogP contribution in [0.1, 0.15) is 18.4 Å². The summed E-state index contributed by atoms with van der Waals surface area (Å²) >= 11 is 0. The van der Waals surface area contributed by atoms with Gasteiger partial charge in [0.15, 0.2) is 11.6 Å². The molecule has 0 saturated carbocycles. The fraction of sp³-hybridized carbons (Fsp3) is 0.238. The average molecular weight is 382 g/mol. The number of nitrogens with zero attached hydrogens (tertiary/aromatic N) is 3. The molecule has 1 fully saturated rings. The van der Waals surface area contributed by atoms with Crippen LogP contribution in [0.4, 0.5) is 20.2 Å². The summed E-state index contributed by atoms with van der Waals surface area (Å²) in [5, 5.41) is 6.81. The molecule has 1 saturated heterocycles. The van der Waals surface area contributed by atoms with E-state index in [2.05, 4.69) is 10.4 Å². The molecule has 2 heterocycles. The Morgan fingerprint density at radius 1 is 1.07 bits per heavy atom. The van der Waals surface area contributed by atoms with Gasteiger partial charge in [0, 0.05) is 25.0 Å². The van der Waals surface area contributed by atoms with Crippen LogP contribution in [0.25, 0.3) is 5.69 Å². The molecule has 1 aliphatic heterocycles. The van der Waals surface area contributed by atoms with Crippen molar-refractivity contribution < 1.29 is 13.6 Å². The van der Waals surface area contributed by atoms with Gasteiger partial charge in [-0.15, -0.1) is 0 Å². The van der Waals surface area contributed by atoms with Crippen molar-refractivity contribution >= 4 is 17.3 Å². The van der Waals surface area contributed by atoms with Crippen molar-refractivity contribution in [1.82, 2.24) is 9.78 Å². The second-order valence-electron chi connectivity index (χ2n) is 6.84. The van der Waals surface area contributed by atoms with E-state index in [4.69, 9.17) is 0 Å². The molecule has 4 rings (SSSR count). The first-order valence-corrected chi connectivity index (χ1v) is 9.23. The Balaban J connectivity index is 1.43. The quantitative estimate of drug-likeness (QED) is 0.727. The molecule has 1 aliphatic rings. The van der Waals surface area contributed by atoms with Crippen molar-refractivity contribution in [3.05, 3.63) is 72.1 Å². The Morgan fingerprint density at radius 2 is 1.75 bits per heavy atom. The van der Waals surface area contributed by atoms with Gasteiger partial charge in [-0.2, -0.15) is 5.10 Å². The molecule has 2 aromatic carbocycles. The lowest BCUT2D eigenvalue weighted by molar-refractivity contribution is -0.115. The minimum absolute atomic E-state index is 0.0142. The Hall–Kier alpha value is -3.22. The number of carbonyl (C=O) groups is 1. The molecule has 144 valence electrons. The molecule has 5 nitrogen and oxygen atoms in total. The van der Waals surface area contributed by atoms with Gasteiger partial charge < -0.3 is 10.2 Å². The first kappa shape index (κ1) is 18.2. The first-order chi connectivity index (χ1) is 13.6. The molecule has 0 aliphatic carbocycles. The number of halogens is 2. The topological polar surface area (TPSA) is 50.2 Å². The molecule has 0 unspecified atom stereocenters. The Morgan fingerprint density at radius 3 is 2.43 bits per heavy atom. The van der Waals surface area contributed by atoms with Crippen LogP contribution in [0.5, 0.6) is 0 Å². The average Bonchev–Trinajstić information content (AvgIpc) is 3.34. The summed E-state index contributed by atoms with van der Waals surface area (Å²) in [6.07, 6.45) is 5.27. The van der Waals surface area contributed by atoms with E-state index in [0.717, 1.165) is 18.5 Å². The number of hydrogen-bond donors (Lipinski definition) is 1. The van der Waals surface area contributed by atoms with Gasteiger partial charge in [0.25, 0.3) is 0 Å². The number of aromatic nitrogens is 2. The van der Waals surface area contributed by atoms with E-state index < -0.39 is 11.6 Å². The molecule has 1 aromatic heterocycles. The second kappa shape index (κ2) is 7.80. The van der Waals surface area contributed by atoms with E-state index in [1.165, 1.54) is 12.1 Å². The summed E-state index contributed by atoms with van der Waals surface area (Å²) in [4.78, 5) is 14.0. The van der Waals surface area contributed by atoms with Crippen LogP contribution >= 0.6 is 0 Å². The van der Waals surface area contributed by atoms with Gasteiger partial charge in [-0.25, -0.2) is 13.5 Å². The molecular formula is C21H20F2N4O. The van der Waals surface area contributed by atoms with Gasteiger partial charge >= 0.3 is 0 Å². The predicted octanol–water partition coefficient (Wildman–Crippen LogP) is 3.93. The van der Waals surface area contributed by atoms with Crippen LogP contribution in [-0.4, -0.2) is 28.8 Å². The highest BCUT2D eigenvalue weighted by Gasteiger charge is 2.21. The summed E-state index contributed by atoms with van der Waals surface area (Å²) in [5.41, 5.74) is 1.69. The highest BCUT2D eigenvalue weighted by molar-refractivity contribution is 5.92. The van der Waals surface area contributed by atoms with Crippen LogP contribution in [0.15, 0.2) is 54.9 Å². The lowest BCUT2D eigenvalue weighted by atomic mass is 10.2. The zero-order valence-electron chi connectivity index (χ0n) is 15.2. The SMILES string of the molecule is O=C(Cc1cnn(-c2ccccc2)c1)Nc1cc(F)c(N2CCCC2)c(F)c1. The van der Waals surface area contributed by atoms with Gasteiger partial charge in [0.1, 0.15) is 5.69 Å². The normalized spacial score (nSPS) is 13.7. The summed E-state index contributed by atoms with van der Waals surface area (Å²) in [7, 11) is 0. The summed E-state index contributed by atoms with van der Waals surface area (Å²) in [5.74, 6) is -1.68. The zero-order chi connectivity index (χ0) is 19.5. The number of nitrogens with one attached hydrogen (secondary N) is 1. The van der Waals surface area contributed by atoms with Gasteiger partial charge in [0.2, 0.25) is 5.91 Å². The number of benzene rings is 2. The second-order valence-corrected chi connectivity index (χ2v) is 6.84. The molecule has 0 spiro atoms. The van der Waals surface area contributed by atoms with Crippen LogP contribution in [-0.2, 0) is 11.2 Å². The number of amides is 1. The largest absolute Gasteiger partial charge is 0.367 e. The van der Waals surface area contributed by atoms with Crippen molar-refractivity contribution in [1.29, 1.82) is 0 Å². The molecular weight excluding hydrogens is 362 g/mol. The van der Waals surface area contributed by atoms with Crippen molar-refractivity contribution in [2.24, 2.45) is 0 Å². The lowest BCUT2D eigenvalue weighted by Crippen LogP contribution is -2.21. The summed E-state index contributed by atoms with van der Waals surface area (Å²) in [6, 6.07) is 11.9. The minimum Gasteiger partial charge on any atom is -0.367 e. The molecule has 0 radical (unpaired) electrons. The maximum absolute atomic E-state index is 14.4. The summed E-state index contributed by atoms with van der Waals surface area (Å²) < 4.78 is 30.4. The minimum atomic E-state index is -0.658. The molecule has 0 atom stereocenters. The van der Waals surface area contributed by atoms with Crippen molar-refractivity contribution in [3.8, 4) is 5.69 Å². The van der Waals surface area contributed by atoms with Gasteiger partial charge in [-0.05, 0) is 42.7 Å². The Labute approximate surface area is 161 Å². The Kier molecular flexibility index (Phi) is 5.06. The van der Waals surface area contributed by atoms with E-state index in [-0.39, 0.29) is 23.7 Å². The molecule has 0 bridgehead atoms. The third-order valence-corrected chi connectivity index (χ3v) is 4.74. The third-order valence-electron chi connectivity index (χ3n) is 4.74. The Bertz CT molecular complexity index is 958. The van der Waals surface area contributed by atoms with E-state index >= 15 is 0 Å².